The molecule has 17 heavy (non-hydrogen) atoms. The fourth-order valence-electron chi connectivity index (χ4n) is 1.66. The Morgan fingerprint density at radius 1 is 1.47 bits per heavy atom. The highest BCUT2D eigenvalue weighted by Crippen LogP contribution is 2.22. The van der Waals surface area contributed by atoms with Crippen molar-refractivity contribution in [3.05, 3.63) is 30.2 Å². The van der Waals surface area contributed by atoms with E-state index in [1.807, 2.05) is 39.0 Å². The van der Waals surface area contributed by atoms with Crippen molar-refractivity contribution in [3.8, 4) is 0 Å². The molecular formula is C13H17NO3. The SMILES string of the molecule is CC(C)(C)OC(=O)N1CC=C(c2ccco2)C1. The lowest BCUT2D eigenvalue weighted by Crippen LogP contribution is -2.35. The molecule has 0 fully saturated rings. The van der Waals surface area contributed by atoms with Gasteiger partial charge < -0.3 is 14.1 Å². The minimum Gasteiger partial charge on any atom is -0.465 e. The minimum absolute atomic E-state index is 0.282. The number of carbonyl (C=O) groups excluding carboxylic acids is 1. The minimum atomic E-state index is -0.454. The summed E-state index contributed by atoms with van der Waals surface area (Å²) in [6, 6.07) is 3.73. The van der Waals surface area contributed by atoms with E-state index in [-0.39, 0.29) is 6.09 Å². The van der Waals surface area contributed by atoms with E-state index in [2.05, 4.69) is 0 Å². The molecule has 2 rings (SSSR count). The van der Waals surface area contributed by atoms with Gasteiger partial charge in [-0.3, -0.25) is 0 Å². The van der Waals surface area contributed by atoms with Gasteiger partial charge in [-0.05, 0) is 32.9 Å². The van der Waals surface area contributed by atoms with Crippen LogP contribution in [0.4, 0.5) is 4.79 Å². The van der Waals surface area contributed by atoms with E-state index >= 15 is 0 Å². The van der Waals surface area contributed by atoms with Crippen molar-refractivity contribution in [2.24, 2.45) is 0 Å². The fourth-order valence-corrected chi connectivity index (χ4v) is 1.66. The van der Waals surface area contributed by atoms with Crippen LogP contribution in [0.25, 0.3) is 5.57 Å². The number of hydrogen-bond acceptors (Lipinski definition) is 3. The third-order valence-corrected chi connectivity index (χ3v) is 2.41. The Morgan fingerprint density at radius 2 is 2.24 bits per heavy atom. The van der Waals surface area contributed by atoms with Gasteiger partial charge in [0.15, 0.2) is 0 Å². The first-order chi connectivity index (χ1) is 7.96. The van der Waals surface area contributed by atoms with Gasteiger partial charge in [0, 0.05) is 12.1 Å². The molecule has 4 nitrogen and oxygen atoms in total. The summed E-state index contributed by atoms with van der Waals surface area (Å²) < 4.78 is 10.6. The van der Waals surface area contributed by atoms with Gasteiger partial charge in [0.05, 0.1) is 12.8 Å². The van der Waals surface area contributed by atoms with Crippen LogP contribution < -0.4 is 0 Å². The molecule has 0 saturated heterocycles. The van der Waals surface area contributed by atoms with Crippen molar-refractivity contribution >= 4 is 11.7 Å². The van der Waals surface area contributed by atoms with Gasteiger partial charge in [0.25, 0.3) is 0 Å². The lowest BCUT2D eigenvalue weighted by atomic mass is 10.2. The maximum Gasteiger partial charge on any atom is 0.410 e. The first-order valence-corrected chi connectivity index (χ1v) is 5.66. The number of nitrogens with zero attached hydrogens (tertiary/aromatic N) is 1. The molecule has 4 heteroatoms. The van der Waals surface area contributed by atoms with Gasteiger partial charge in [-0.2, -0.15) is 0 Å². The Hall–Kier alpha value is -1.71. The van der Waals surface area contributed by atoms with E-state index in [0.29, 0.717) is 13.1 Å². The molecule has 0 atom stereocenters. The van der Waals surface area contributed by atoms with Crippen LogP contribution in [0.2, 0.25) is 0 Å². The third kappa shape index (κ3) is 2.90. The summed E-state index contributed by atoms with van der Waals surface area (Å²) in [5.41, 5.74) is 0.575. The van der Waals surface area contributed by atoms with Crippen LogP contribution in [-0.2, 0) is 4.74 Å². The van der Waals surface area contributed by atoms with E-state index in [9.17, 15) is 4.79 Å². The number of carbonyl (C=O) groups is 1. The second-order valence-corrected chi connectivity index (χ2v) is 5.07. The van der Waals surface area contributed by atoms with Crippen LogP contribution in [0.15, 0.2) is 28.9 Å². The maximum atomic E-state index is 11.8. The van der Waals surface area contributed by atoms with Crippen LogP contribution in [0, 0.1) is 0 Å². The Kier molecular flexibility index (Phi) is 2.96. The van der Waals surface area contributed by atoms with Gasteiger partial charge in [-0.1, -0.05) is 6.08 Å². The number of amides is 1. The van der Waals surface area contributed by atoms with Crippen LogP contribution in [-0.4, -0.2) is 29.7 Å². The molecular weight excluding hydrogens is 218 g/mol. The van der Waals surface area contributed by atoms with E-state index in [4.69, 9.17) is 9.15 Å². The lowest BCUT2D eigenvalue weighted by Gasteiger charge is -2.24. The van der Waals surface area contributed by atoms with Crippen LogP contribution in [0.1, 0.15) is 26.5 Å². The topological polar surface area (TPSA) is 42.7 Å². The van der Waals surface area contributed by atoms with Gasteiger partial charge >= 0.3 is 6.09 Å². The molecule has 0 radical (unpaired) electrons. The Balaban J connectivity index is 1.95. The molecule has 0 saturated carbocycles. The molecule has 0 bridgehead atoms. The molecule has 0 spiro atoms. The number of furan rings is 1. The summed E-state index contributed by atoms with van der Waals surface area (Å²) in [6.45, 7) is 6.71. The fraction of sp³-hybridized carbons (Fsp3) is 0.462. The Bertz CT molecular complexity index is 426. The highest BCUT2D eigenvalue weighted by Gasteiger charge is 2.26. The number of hydrogen-bond donors (Lipinski definition) is 0. The first kappa shape index (κ1) is 11.8. The smallest absolute Gasteiger partial charge is 0.410 e. The standard InChI is InChI=1S/C13H17NO3/c1-13(2,3)17-12(15)14-7-6-10(9-14)11-5-4-8-16-11/h4-6,8H,7,9H2,1-3H3. The summed E-state index contributed by atoms with van der Waals surface area (Å²) >= 11 is 0. The highest BCUT2D eigenvalue weighted by atomic mass is 16.6. The van der Waals surface area contributed by atoms with Gasteiger partial charge in [-0.15, -0.1) is 0 Å². The summed E-state index contributed by atoms with van der Waals surface area (Å²) in [6.07, 6.45) is 3.34. The summed E-state index contributed by atoms with van der Waals surface area (Å²) in [5.74, 6) is 0.816. The molecule has 0 unspecified atom stereocenters. The Labute approximate surface area is 101 Å². The maximum absolute atomic E-state index is 11.8. The largest absolute Gasteiger partial charge is 0.465 e. The summed E-state index contributed by atoms with van der Waals surface area (Å²) in [4.78, 5) is 13.5. The van der Waals surface area contributed by atoms with Crippen molar-refractivity contribution in [1.82, 2.24) is 4.90 Å². The van der Waals surface area contributed by atoms with Crippen molar-refractivity contribution in [2.45, 2.75) is 26.4 Å². The normalized spacial score (nSPS) is 15.9. The predicted molar refractivity (Wildman–Crippen MR) is 64.5 cm³/mol. The molecule has 1 aromatic rings. The van der Waals surface area contributed by atoms with Crippen molar-refractivity contribution in [3.63, 3.8) is 0 Å². The Morgan fingerprint density at radius 3 is 2.82 bits per heavy atom. The summed E-state index contributed by atoms with van der Waals surface area (Å²) in [5, 5.41) is 0. The first-order valence-electron chi connectivity index (χ1n) is 5.66. The average molecular weight is 235 g/mol. The van der Waals surface area contributed by atoms with Crippen LogP contribution >= 0.6 is 0 Å². The lowest BCUT2D eigenvalue weighted by molar-refractivity contribution is 0.0306. The molecule has 0 N–H and O–H groups in total. The molecule has 2 heterocycles. The van der Waals surface area contributed by atoms with E-state index in [0.717, 1.165) is 11.3 Å². The number of ether oxygens (including phenoxy) is 1. The van der Waals surface area contributed by atoms with E-state index in [1.165, 1.54) is 0 Å². The molecule has 1 amide bonds. The molecule has 0 aromatic carbocycles. The number of rotatable bonds is 1. The second kappa shape index (κ2) is 4.28. The van der Waals surface area contributed by atoms with Crippen LogP contribution in [0.5, 0.6) is 0 Å². The zero-order chi connectivity index (χ0) is 12.5. The quantitative estimate of drug-likeness (QED) is 0.751. The van der Waals surface area contributed by atoms with Crippen molar-refractivity contribution in [2.75, 3.05) is 13.1 Å². The third-order valence-electron chi connectivity index (χ3n) is 2.41. The zero-order valence-electron chi connectivity index (χ0n) is 10.4. The monoisotopic (exact) mass is 235 g/mol. The van der Waals surface area contributed by atoms with Gasteiger partial charge in [-0.25, -0.2) is 4.79 Å². The van der Waals surface area contributed by atoms with Gasteiger partial charge in [0.2, 0.25) is 0 Å². The van der Waals surface area contributed by atoms with Gasteiger partial charge in [0.1, 0.15) is 11.4 Å². The average Bonchev–Trinajstić information content (AvgIpc) is 2.86. The molecule has 1 aromatic heterocycles. The second-order valence-electron chi connectivity index (χ2n) is 5.07. The molecule has 1 aliphatic rings. The highest BCUT2D eigenvalue weighted by molar-refractivity contribution is 5.76. The van der Waals surface area contributed by atoms with Crippen molar-refractivity contribution < 1.29 is 13.9 Å². The van der Waals surface area contributed by atoms with E-state index in [1.54, 1.807) is 11.2 Å². The van der Waals surface area contributed by atoms with E-state index < -0.39 is 5.60 Å². The van der Waals surface area contributed by atoms with Crippen molar-refractivity contribution in [1.29, 1.82) is 0 Å². The summed E-state index contributed by atoms with van der Waals surface area (Å²) in [7, 11) is 0. The molecule has 92 valence electrons. The predicted octanol–water partition coefficient (Wildman–Crippen LogP) is 2.91. The molecule has 0 aliphatic carbocycles. The zero-order valence-corrected chi connectivity index (χ0v) is 10.4. The molecule has 1 aliphatic heterocycles. The van der Waals surface area contributed by atoms with Crippen LogP contribution in [0.3, 0.4) is 0 Å².